The maximum absolute atomic E-state index is 15.1. The van der Waals surface area contributed by atoms with Crippen molar-refractivity contribution >= 4 is 38.5 Å². The molecule has 2 aromatic carbocycles. The third-order valence-electron chi connectivity index (χ3n) is 7.85. The molecule has 0 aliphatic carbocycles. The Morgan fingerprint density at radius 2 is 1.89 bits per heavy atom. The Labute approximate surface area is 258 Å². The van der Waals surface area contributed by atoms with Gasteiger partial charge in [0.1, 0.15) is 17.6 Å². The summed E-state index contributed by atoms with van der Waals surface area (Å²) in [5, 5.41) is 16.2. The van der Waals surface area contributed by atoms with Gasteiger partial charge in [-0.2, -0.15) is 18.4 Å². The molecule has 0 saturated carbocycles. The Balaban J connectivity index is 1.37. The zero-order valence-corrected chi connectivity index (χ0v) is 25.3. The highest BCUT2D eigenvalue weighted by molar-refractivity contribution is 7.20. The van der Waals surface area contributed by atoms with Crippen molar-refractivity contribution in [2.24, 2.45) is 0 Å². The summed E-state index contributed by atoms with van der Waals surface area (Å²) >= 11 is 1.25. The summed E-state index contributed by atoms with van der Waals surface area (Å²) in [5.74, 6) is 5.68. The van der Waals surface area contributed by atoms with Gasteiger partial charge >= 0.3 is 6.18 Å². The maximum atomic E-state index is 15.1. The standard InChI is InChI=1S/C32H35F4N5O2S/c1-2-40-12-8-22(9-13-40)39-26-6-3-5-23-24(21-32(34,35)36)30(44-31(23)26)7-4-11-38-27-19-25(33)28(20-29(27)43-16-10-37)41-14-17-42-18-15-41/h3,5-6,19-20,22,38-39H,2,8-9,11-18,21H2,1H3. The van der Waals surface area contributed by atoms with E-state index >= 15 is 4.39 Å². The SMILES string of the molecule is CCN1CCC(Nc2cccc3c(CC(F)(F)F)c(C#CCNc4cc(F)c(N5CCOCC5)cc4OCC#N)sc23)CC1. The lowest BCUT2D eigenvalue weighted by molar-refractivity contribution is -0.126. The molecule has 2 aliphatic heterocycles. The molecule has 0 unspecified atom stereocenters. The van der Waals surface area contributed by atoms with Gasteiger partial charge in [-0.25, -0.2) is 4.39 Å². The average molecular weight is 630 g/mol. The largest absolute Gasteiger partial charge is 0.477 e. The van der Waals surface area contributed by atoms with Crippen LogP contribution in [-0.4, -0.2) is 76.2 Å². The predicted octanol–water partition coefficient (Wildman–Crippen LogP) is 6.24. The van der Waals surface area contributed by atoms with Gasteiger partial charge in [0.2, 0.25) is 0 Å². The van der Waals surface area contributed by atoms with Gasteiger partial charge in [-0.15, -0.1) is 11.3 Å². The second-order valence-corrected chi connectivity index (χ2v) is 11.8. The van der Waals surface area contributed by atoms with Crippen LogP contribution in [0.1, 0.15) is 30.2 Å². The van der Waals surface area contributed by atoms with E-state index in [-0.39, 0.29) is 30.5 Å². The number of fused-ring (bicyclic) bond motifs is 1. The van der Waals surface area contributed by atoms with Gasteiger partial charge in [0.15, 0.2) is 6.61 Å². The van der Waals surface area contributed by atoms with Crippen LogP contribution in [0.3, 0.4) is 0 Å². The van der Waals surface area contributed by atoms with E-state index < -0.39 is 18.4 Å². The molecular weight excluding hydrogens is 594 g/mol. The average Bonchev–Trinajstić information content (AvgIpc) is 3.36. The lowest BCUT2D eigenvalue weighted by Gasteiger charge is -2.32. The number of benzene rings is 2. The third-order valence-corrected chi connectivity index (χ3v) is 9.05. The molecule has 3 heterocycles. The molecule has 0 bridgehead atoms. The van der Waals surface area contributed by atoms with E-state index in [1.165, 1.54) is 17.4 Å². The molecule has 2 aliphatic rings. The first-order valence-corrected chi connectivity index (χ1v) is 15.6. The van der Waals surface area contributed by atoms with Crippen molar-refractivity contribution in [2.75, 3.05) is 74.6 Å². The predicted molar refractivity (Wildman–Crippen MR) is 166 cm³/mol. The Kier molecular flexibility index (Phi) is 10.4. The number of nitrogens with zero attached hydrogens (tertiary/aromatic N) is 3. The normalized spacial score (nSPS) is 16.3. The molecule has 5 rings (SSSR count). The molecule has 1 aromatic heterocycles. The van der Waals surface area contributed by atoms with Gasteiger partial charge in [-0.3, -0.25) is 0 Å². The number of ether oxygens (including phenoxy) is 2. The highest BCUT2D eigenvalue weighted by Crippen LogP contribution is 2.39. The molecule has 12 heteroatoms. The van der Waals surface area contributed by atoms with Crippen LogP contribution >= 0.6 is 11.3 Å². The first kappa shape index (κ1) is 31.7. The van der Waals surface area contributed by atoms with E-state index in [2.05, 4.69) is 34.3 Å². The van der Waals surface area contributed by atoms with Gasteiger partial charge < -0.3 is 29.9 Å². The highest BCUT2D eigenvalue weighted by Gasteiger charge is 2.31. The number of nitriles is 1. The number of rotatable bonds is 9. The van der Waals surface area contributed by atoms with Crippen LogP contribution in [-0.2, 0) is 11.2 Å². The molecule has 44 heavy (non-hydrogen) atoms. The minimum Gasteiger partial charge on any atom is -0.477 e. The van der Waals surface area contributed by atoms with E-state index in [1.54, 1.807) is 18.2 Å². The summed E-state index contributed by atoms with van der Waals surface area (Å²) in [6.07, 6.45) is -3.54. The van der Waals surface area contributed by atoms with Crippen molar-refractivity contribution < 1.29 is 27.0 Å². The molecule has 2 fully saturated rings. The minimum absolute atomic E-state index is 0.0278. The first-order chi connectivity index (χ1) is 21.3. The third kappa shape index (κ3) is 7.86. The zero-order chi connectivity index (χ0) is 31.1. The number of nitrogens with one attached hydrogen (secondary N) is 2. The fraction of sp³-hybridized carbons (Fsp3) is 0.469. The van der Waals surface area contributed by atoms with E-state index in [9.17, 15) is 13.2 Å². The van der Waals surface area contributed by atoms with Crippen LogP contribution in [0.15, 0.2) is 30.3 Å². The number of morpholine rings is 1. The highest BCUT2D eigenvalue weighted by atomic mass is 32.1. The number of anilines is 3. The van der Waals surface area contributed by atoms with Crippen LogP contribution in [0, 0.1) is 29.0 Å². The smallest absolute Gasteiger partial charge is 0.393 e. The van der Waals surface area contributed by atoms with E-state index in [4.69, 9.17) is 14.7 Å². The molecule has 0 spiro atoms. The Bertz CT molecular complexity index is 1540. The Hall–Kier alpha value is -3.71. The molecule has 2 saturated heterocycles. The number of likely N-dealkylation sites (tertiary alicyclic amines) is 1. The molecule has 0 atom stereocenters. The molecular formula is C32H35F4N5O2S. The number of piperidine rings is 1. The van der Waals surface area contributed by atoms with Gasteiger partial charge in [-0.1, -0.05) is 30.9 Å². The van der Waals surface area contributed by atoms with Crippen molar-refractivity contribution in [3.63, 3.8) is 0 Å². The van der Waals surface area contributed by atoms with Crippen molar-refractivity contribution in [2.45, 2.75) is 38.4 Å². The van der Waals surface area contributed by atoms with Crippen molar-refractivity contribution in [3.8, 4) is 23.7 Å². The van der Waals surface area contributed by atoms with Crippen molar-refractivity contribution in [3.05, 3.63) is 46.6 Å². The van der Waals surface area contributed by atoms with E-state index in [1.807, 2.05) is 17.0 Å². The summed E-state index contributed by atoms with van der Waals surface area (Å²) in [6, 6.07) is 10.4. The lowest BCUT2D eigenvalue weighted by atomic mass is 10.0. The fourth-order valence-corrected chi connectivity index (χ4v) is 6.77. The summed E-state index contributed by atoms with van der Waals surface area (Å²) in [7, 11) is 0. The summed E-state index contributed by atoms with van der Waals surface area (Å²) in [6.45, 7) is 6.93. The van der Waals surface area contributed by atoms with E-state index in [0.717, 1.165) is 42.9 Å². The zero-order valence-electron chi connectivity index (χ0n) is 24.5. The van der Waals surface area contributed by atoms with Crippen molar-refractivity contribution in [1.82, 2.24) is 4.90 Å². The number of hydrogen-bond acceptors (Lipinski definition) is 8. The number of alkyl halides is 3. The number of thiophene rings is 1. The van der Waals surface area contributed by atoms with Crippen LogP contribution in [0.5, 0.6) is 5.75 Å². The van der Waals surface area contributed by atoms with Crippen LogP contribution < -0.4 is 20.3 Å². The molecule has 7 nitrogen and oxygen atoms in total. The molecule has 3 aromatic rings. The number of hydrogen-bond donors (Lipinski definition) is 2. The Morgan fingerprint density at radius 1 is 1.11 bits per heavy atom. The maximum Gasteiger partial charge on any atom is 0.393 e. The fourth-order valence-electron chi connectivity index (χ4n) is 5.60. The number of halogens is 4. The second-order valence-electron chi connectivity index (χ2n) is 10.7. The van der Waals surface area contributed by atoms with Crippen LogP contribution in [0.4, 0.5) is 34.6 Å². The summed E-state index contributed by atoms with van der Waals surface area (Å²) < 4.78 is 67.8. The first-order valence-electron chi connectivity index (χ1n) is 14.7. The lowest BCUT2D eigenvalue weighted by Crippen LogP contribution is -2.38. The molecule has 2 N–H and O–H groups in total. The quantitative estimate of drug-likeness (QED) is 0.214. The van der Waals surface area contributed by atoms with Gasteiger partial charge in [0, 0.05) is 44.4 Å². The molecule has 234 valence electrons. The van der Waals surface area contributed by atoms with Crippen LogP contribution in [0.25, 0.3) is 10.1 Å². The summed E-state index contributed by atoms with van der Waals surface area (Å²) in [5.41, 5.74) is 1.64. The van der Waals surface area contributed by atoms with Gasteiger partial charge in [0.25, 0.3) is 0 Å². The van der Waals surface area contributed by atoms with Gasteiger partial charge in [0.05, 0.1) is 52.8 Å². The van der Waals surface area contributed by atoms with E-state index in [0.29, 0.717) is 47.9 Å². The Morgan fingerprint density at radius 3 is 2.59 bits per heavy atom. The topological polar surface area (TPSA) is 72.8 Å². The molecule has 0 amide bonds. The van der Waals surface area contributed by atoms with Crippen LogP contribution in [0.2, 0.25) is 0 Å². The van der Waals surface area contributed by atoms with Gasteiger partial charge in [-0.05, 0) is 36.4 Å². The van der Waals surface area contributed by atoms with Crippen molar-refractivity contribution in [1.29, 1.82) is 5.26 Å². The summed E-state index contributed by atoms with van der Waals surface area (Å²) in [4.78, 5) is 4.59. The molecule has 0 radical (unpaired) electrons. The minimum atomic E-state index is -4.40. The second kappa shape index (κ2) is 14.4. The monoisotopic (exact) mass is 629 g/mol.